The minimum Gasteiger partial charge on any atom is -0.359 e. The van der Waals surface area contributed by atoms with Gasteiger partial charge in [-0.1, -0.05) is 80.4 Å². The Balaban J connectivity index is 0.000000201. The molecule has 2 saturated carbocycles. The van der Waals surface area contributed by atoms with Gasteiger partial charge >= 0.3 is 0 Å². The van der Waals surface area contributed by atoms with E-state index in [1.165, 1.54) is 18.9 Å². The molecule has 14 heteroatoms. The van der Waals surface area contributed by atoms with Gasteiger partial charge in [-0.2, -0.15) is 0 Å². The van der Waals surface area contributed by atoms with Crippen molar-refractivity contribution in [3.05, 3.63) is 0 Å². The first-order valence-corrected chi connectivity index (χ1v) is 31.4. The molecule has 12 nitrogen and oxygen atoms in total. The van der Waals surface area contributed by atoms with Crippen LogP contribution in [0.5, 0.6) is 0 Å². The average Bonchev–Trinajstić information content (AvgIpc) is 3.55. The summed E-state index contributed by atoms with van der Waals surface area (Å²) in [5, 5.41) is 6.22. The minimum atomic E-state index is -1.29. The van der Waals surface area contributed by atoms with Crippen molar-refractivity contribution >= 4 is 28.0 Å². The summed E-state index contributed by atoms with van der Waals surface area (Å²) in [5.41, 5.74) is -1.02. The maximum atomic E-state index is 12.5. The van der Waals surface area contributed by atoms with Gasteiger partial charge in [0.05, 0.1) is 20.3 Å². The van der Waals surface area contributed by atoms with E-state index in [4.69, 9.17) is 38.5 Å². The molecule has 0 aromatic heterocycles. The number of carbonyl (C=O) groups excluding carboxylic acids is 2. The summed E-state index contributed by atoms with van der Waals surface area (Å²) >= 11 is 0. The molecule has 0 unspecified atom stereocenters. The number of nitrogens with one attached hydrogen (secondary N) is 2. The van der Waals surface area contributed by atoms with Crippen molar-refractivity contribution in [2.24, 2.45) is 47.3 Å². The van der Waals surface area contributed by atoms with E-state index in [1.54, 1.807) is 0 Å². The molecule has 8 aliphatic heterocycles. The lowest BCUT2D eigenvalue weighted by Gasteiger charge is -2.60. The molecule has 0 aromatic carbocycles. The third kappa shape index (κ3) is 10.2. The Bertz CT molecular complexity index is 1530. The van der Waals surface area contributed by atoms with Crippen LogP contribution in [0.4, 0.5) is 0 Å². The van der Waals surface area contributed by atoms with Crippen LogP contribution in [-0.2, 0) is 48.1 Å². The number of fused-ring (bicyclic) bond motifs is 4. The molecule has 2 amide bonds. The SMILES string of the molecule is C.C[C@H]1[C@@H](CCC(=O)NCCC[Si](C)(C)C)O[C@@H]2O[C@]3(C)CC[C@H]4[C@H](C)CC[C@@H]1[C@@]24OO3.C[C@H]1[C@@H](CCC(=O)NC[Si](C)(C)C)O[C@@H]2O[C@]3(C)CC[C@H]4[C@H](C)CC[C@@H]1[C@@]24OO3. The molecule has 2 spiro atoms. The van der Waals surface area contributed by atoms with Crippen LogP contribution in [-0.4, -0.2) is 88.2 Å². The Labute approximate surface area is 370 Å². The summed E-state index contributed by atoms with van der Waals surface area (Å²) in [6.45, 7) is 27.8. The molecule has 2 aliphatic carbocycles. The summed E-state index contributed by atoms with van der Waals surface area (Å²) < 4.78 is 25.9. The molecular formula is C47H86N2O10Si2. The smallest absolute Gasteiger partial charge is 0.220 e. The first kappa shape index (κ1) is 49.5. The summed E-state index contributed by atoms with van der Waals surface area (Å²) in [6, 6.07) is 1.25. The van der Waals surface area contributed by atoms with Crippen molar-refractivity contribution < 1.29 is 48.1 Å². The second-order valence-corrected chi connectivity index (χ2v) is 34.4. The number of amides is 2. The van der Waals surface area contributed by atoms with Gasteiger partial charge in [0.2, 0.25) is 23.4 Å². The van der Waals surface area contributed by atoms with E-state index in [1.807, 2.05) is 13.8 Å². The molecule has 10 aliphatic rings. The van der Waals surface area contributed by atoms with Crippen molar-refractivity contribution in [1.29, 1.82) is 0 Å². The fourth-order valence-electron chi connectivity index (χ4n) is 12.6. The Morgan fingerprint density at radius 3 is 1.46 bits per heavy atom. The fraction of sp³-hybridized carbons (Fsp3) is 0.957. The van der Waals surface area contributed by atoms with E-state index in [2.05, 4.69) is 77.6 Å². The zero-order chi connectivity index (χ0) is 43.5. The van der Waals surface area contributed by atoms with Crippen LogP contribution >= 0.6 is 0 Å². The molecule has 10 rings (SSSR count). The lowest BCUT2D eigenvalue weighted by molar-refractivity contribution is -0.571. The summed E-state index contributed by atoms with van der Waals surface area (Å²) in [7, 11) is -2.33. The Morgan fingerprint density at radius 1 is 0.590 bits per heavy atom. The highest BCUT2D eigenvalue weighted by molar-refractivity contribution is 6.76. The van der Waals surface area contributed by atoms with Crippen LogP contribution < -0.4 is 10.6 Å². The van der Waals surface area contributed by atoms with Gasteiger partial charge in [-0.3, -0.25) is 9.59 Å². The van der Waals surface area contributed by atoms with Crippen molar-refractivity contribution in [1.82, 2.24) is 10.6 Å². The molecule has 8 saturated heterocycles. The first-order valence-electron chi connectivity index (χ1n) is 24.0. The highest BCUT2D eigenvalue weighted by Gasteiger charge is 2.70. The van der Waals surface area contributed by atoms with Gasteiger partial charge in [0.15, 0.2) is 23.8 Å². The molecular weight excluding hydrogens is 809 g/mol. The minimum absolute atomic E-state index is 0. The lowest BCUT2D eigenvalue weighted by atomic mass is 9.57. The van der Waals surface area contributed by atoms with Crippen molar-refractivity contribution in [2.75, 3.05) is 12.7 Å². The monoisotopic (exact) mass is 895 g/mol. The summed E-state index contributed by atoms with van der Waals surface area (Å²) in [4.78, 5) is 49.0. The van der Waals surface area contributed by atoms with E-state index >= 15 is 0 Å². The quantitative estimate of drug-likeness (QED) is 0.111. The van der Waals surface area contributed by atoms with E-state index in [9.17, 15) is 9.59 Å². The molecule has 10 fully saturated rings. The molecule has 2 N–H and O–H groups in total. The van der Waals surface area contributed by atoms with Crippen molar-refractivity contribution in [2.45, 2.75) is 225 Å². The average molecular weight is 895 g/mol. The lowest BCUT2D eigenvalue weighted by Crippen LogP contribution is -2.70. The van der Waals surface area contributed by atoms with E-state index in [-0.39, 0.29) is 31.4 Å². The highest BCUT2D eigenvalue weighted by atomic mass is 28.3. The van der Waals surface area contributed by atoms with Crippen LogP contribution in [0.15, 0.2) is 0 Å². The third-order valence-corrected chi connectivity index (χ3v) is 19.2. The second kappa shape index (κ2) is 18.7. The summed E-state index contributed by atoms with van der Waals surface area (Å²) in [6.07, 6.45) is 11.9. The maximum absolute atomic E-state index is 12.5. The van der Waals surface area contributed by atoms with E-state index in [0.717, 1.165) is 70.5 Å². The number of rotatable bonds is 12. The number of hydrogen-bond donors (Lipinski definition) is 2. The fourth-order valence-corrected chi connectivity index (χ4v) is 14.5. The molecule has 16 atom stereocenters. The van der Waals surface area contributed by atoms with Crippen LogP contribution in [0.3, 0.4) is 0 Å². The zero-order valence-electron chi connectivity index (χ0n) is 39.3. The van der Waals surface area contributed by atoms with Gasteiger partial charge in [-0.15, -0.1) is 0 Å². The van der Waals surface area contributed by atoms with Gasteiger partial charge < -0.3 is 29.6 Å². The molecule has 0 radical (unpaired) electrons. The zero-order valence-corrected chi connectivity index (χ0v) is 41.3. The van der Waals surface area contributed by atoms with Gasteiger partial charge in [-0.05, 0) is 107 Å². The van der Waals surface area contributed by atoms with Gasteiger partial charge in [0.1, 0.15) is 0 Å². The van der Waals surface area contributed by atoms with Crippen molar-refractivity contribution in [3.63, 3.8) is 0 Å². The molecule has 0 aromatic rings. The van der Waals surface area contributed by atoms with Crippen LogP contribution in [0.2, 0.25) is 45.3 Å². The number of hydrogen-bond acceptors (Lipinski definition) is 10. The van der Waals surface area contributed by atoms with E-state index < -0.39 is 51.5 Å². The van der Waals surface area contributed by atoms with Crippen LogP contribution in [0.25, 0.3) is 0 Å². The predicted octanol–water partition coefficient (Wildman–Crippen LogP) is 9.51. The molecule has 61 heavy (non-hydrogen) atoms. The second-order valence-electron chi connectivity index (χ2n) is 23.3. The number of carbonyl (C=O) groups is 2. The maximum Gasteiger partial charge on any atom is 0.220 e. The predicted molar refractivity (Wildman–Crippen MR) is 241 cm³/mol. The highest BCUT2D eigenvalue weighted by Crippen LogP contribution is 2.62. The standard InChI is InChI=1S/C24H43NO5Si.C22H39NO5Si.CH4/c1-16-8-9-19-17(2)20(10-11-21(26)25-14-7-15-31(4,5)6)27-22-24(19)18(16)12-13-23(3,28-22)29-30-24;1-14-7-8-17-15(2)18(9-10-19(24)23-13-29(4,5)6)25-20-22(17)16(14)11-12-21(3,26-20)27-28-22;/h16-20,22H,7-15H2,1-6H3,(H,25,26);14-18,20H,7-13H2,1-6H3,(H,23,24);1H4/t16-,17-,18+,19+,20-,22-,23+,24-;14-,15-,16+,17+,18-,20-,21+,22-;/m11./s1. The third-order valence-electron chi connectivity index (χ3n) is 16.1. The van der Waals surface area contributed by atoms with E-state index in [0.29, 0.717) is 60.2 Å². The first-order chi connectivity index (χ1) is 28.1. The summed E-state index contributed by atoms with van der Waals surface area (Å²) in [5.74, 6) is 1.99. The Hall–Kier alpha value is -0.946. The van der Waals surface area contributed by atoms with Crippen LogP contribution in [0.1, 0.15) is 132 Å². The van der Waals surface area contributed by atoms with Crippen LogP contribution in [0, 0.1) is 47.3 Å². The largest absolute Gasteiger partial charge is 0.359 e. The van der Waals surface area contributed by atoms with Crippen molar-refractivity contribution in [3.8, 4) is 0 Å². The van der Waals surface area contributed by atoms with Gasteiger partial charge in [-0.25, -0.2) is 19.6 Å². The molecule has 8 heterocycles. The molecule has 352 valence electrons. The Morgan fingerprint density at radius 2 is 1.03 bits per heavy atom. The van der Waals surface area contributed by atoms with Gasteiger partial charge in [0, 0.05) is 58.3 Å². The number of ether oxygens (including phenoxy) is 4. The van der Waals surface area contributed by atoms with Gasteiger partial charge in [0.25, 0.3) is 0 Å². The molecule has 4 bridgehead atoms. The Kier molecular flexibility index (Phi) is 15.2. The normalized spacial score (nSPS) is 44.8. The topological polar surface area (TPSA) is 132 Å².